The Labute approximate surface area is 107 Å². The van der Waals surface area contributed by atoms with Crippen LogP contribution in [0, 0.1) is 0 Å². The van der Waals surface area contributed by atoms with Crippen LogP contribution < -0.4 is 0 Å². The predicted molar refractivity (Wildman–Crippen MR) is 74.7 cm³/mol. The fourth-order valence-electron chi connectivity index (χ4n) is 2.28. The van der Waals surface area contributed by atoms with E-state index in [0.717, 1.165) is 18.5 Å². The first-order valence-electron chi connectivity index (χ1n) is 6.34. The van der Waals surface area contributed by atoms with Crippen molar-refractivity contribution in [2.45, 2.75) is 19.9 Å². The van der Waals surface area contributed by atoms with Crippen LogP contribution in [0.1, 0.15) is 18.1 Å². The van der Waals surface area contributed by atoms with Gasteiger partial charge in [0.25, 0.3) is 0 Å². The summed E-state index contributed by atoms with van der Waals surface area (Å²) in [4.78, 5) is 4.42. The van der Waals surface area contributed by atoms with Crippen molar-refractivity contribution < 1.29 is 0 Å². The number of hydrogen-bond acceptors (Lipinski definition) is 1. The summed E-state index contributed by atoms with van der Waals surface area (Å²) in [5, 5.41) is 0. The zero-order valence-corrected chi connectivity index (χ0v) is 10.5. The van der Waals surface area contributed by atoms with Crippen LogP contribution in [0.2, 0.25) is 0 Å². The largest absolute Gasteiger partial charge is 0.326 e. The van der Waals surface area contributed by atoms with Gasteiger partial charge >= 0.3 is 0 Å². The van der Waals surface area contributed by atoms with E-state index in [-0.39, 0.29) is 0 Å². The molecule has 2 aromatic carbocycles. The Morgan fingerprint density at radius 1 is 1.00 bits per heavy atom. The summed E-state index contributed by atoms with van der Waals surface area (Å²) in [6.45, 7) is 3.07. The second-order valence-corrected chi connectivity index (χ2v) is 4.53. The Kier molecular flexibility index (Phi) is 2.85. The molecular weight excluding hydrogens is 220 g/mol. The monoisotopic (exact) mass is 236 g/mol. The SMILES string of the molecule is CCc1cccc(Cn2cnc3ccccc32)c1. The topological polar surface area (TPSA) is 17.8 Å². The Balaban J connectivity index is 1.96. The zero-order valence-electron chi connectivity index (χ0n) is 10.5. The molecule has 0 aliphatic heterocycles. The Bertz CT molecular complexity index is 667. The van der Waals surface area contributed by atoms with Gasteiger partial charge < -0.3 is 4.57 Å². The minimum absolute atomic E-state index is 0.883. The standard InChI is InChI=1S/C16H16N2/c1-2-13-6-5-7-14(10-13)11-18-12-17-15-8-3-4-9-16(15)18/h3-10,12H,2,11H2,1H3. The van der Waals surface area contributed by atoms with Gasteiger partial charge in [0, 0.05) is 6.54 Å². The molecule has 90 valence electrons. The summed E-state index contributed by atoms with van der Waals surface area (Å²) < 4.78 is 2.20. The Morgan fingerprint density at radius 3 is 2.72 bits per heavy atom. The molecule has 0 aliphatic carbocycles. The summed E-state index contributed by atoms with van der Waals surface area (Å²) in [5.41, 5.74) is 4.97. The van der Waals surface area contributed by atoms with Crippen LogP contribution in [-0.4, -0.2) is 9.55 Å². The molecule has 0 bridgehead atoms. The highest BCUT2D eigenvalue weighted by molar-refractivity contribution is 5.75. The number of hydrogen-bond donors (Lipinski definition) is 0. The van der Waals surface area contributed by atoms with Crippen LogP contribution in [0.25, 0.3) is 11.0 Å². The van der Waals surface area contributed by atoms with E-state index in [1.165, 1.54) is 16.6 Å². The molecular formula is C16H16N2. The van der Waals surface area contributed by atoms with Gasteiger partial charge in [-0.05, 0) is 29.7 Å². The smallest absolute Gasteiger partial charge is 0.0961 e. The van der Waals surface area contributed by atoms with Crippen LogP contribution in [0.4, 0.5) is 0 Å². The molecule has 2 heteroatoms. The maximum atomic E-state index is 4.42. The van der Waals surface area contributed by atoms with E-state index < -0.39 is 0 Å². The van der Waals surface area contributed by atoms with Crippen LogP contribution in [-0.2, 0) is 13.0 Å². The van der Waals surface area contributed by atoms with Gasteiger partial charge in [0.1, 0.15) is 0 Å². The first-order valence-corrected chi connectivity index (χ1v) is 6.34. The number of rotatable bonds is 3. The van der Waals surface area contributed by atoms with Gasteiger partial charge in [0.15, 0.2) is 0 Å². The highest BCUT2D eigenvalue weighted by Crippen LogP contribution is 2.14. The molecule has 1 aromatic heterocycles. The first kappa shape index (κ1) is 11.0. The average Bonchev–Trinajstić information content (AvgIpc) is 2.83. The van der Waals surface area contributed by atoms with E-state index >= 15 is 0 Å². The first-order chi connectivity index (χ1) is 8.86. The van der Waals surface area contributed by atoms with Gasteiger partial charge in [-0.15, -0.1) is 0 Å². The van der Waals surface area contributed by atoms with Gasteiger partial charge in [-0.25, -0.2) is 4.98 Å². The second-order valence-electron chi connectivity index (χ2n) is 4.53. The van der Waals surface area contributed by atoms with Crippen LogP contribution in [0.5, 0.6) is 0 Å². The number of fused-ring (bicyclic) bond motifs is 1. The van der Waals surface area contributed by atoms with Crippen molar-refractivity contribution in [2.24, 2.45) is 0 Å². The molecule has 0 radical (unpaired) electrons. The average molecular weight is 236 g/mol. The number of aromatic nitrogens is 2. The predicted octanol–water partition coefficient (Wildman–Crippen LogP) is 3.65. The fraction of sp³-hybridized carbons (Fsp3) is 0.188. The molecule has 0 fully saturated rings. The van der Waals surface area contributed by atoms with E-state index in [9.17, 15) is 0 Å². The van der Waals surface area contributed by atoms with E-state index in [2.05, 4.69) is 52.9 Å². The van der Waals surface area contributed by atoms with Gasteiger partial charge in [-0.3, -0.25) is 0 Å². The maximum Gasteiger partial charge on any atom is 0.0961 e. The lowest BCUT2D eigenvalue weighted by Crippen LogP contribution is -1.98. The lowest BCUT2D eigenvalue weighted by atomic mass is 10.1. The third kappa shape index (κ3) is 2.02. The summed E-state index contributed by atoms with van der Waals surface area (Å²) >= 11 is 0. The molecule has 1 heterocycles. The van der Waals surface area contributed by atoms with Crippen molar-refractivity contribution in [1.82, 2.24) is 9.55 Å². The summed E-state index contributed by atoms with van der Waals surface area (Å²) in [7, 11) is 0. The van der Waals surface area contributed by atoms with Crippen molar-refractivity contribution in [3.63, 3.8) is 0 Å². The molecule has 0 saturated heterocycles. The van der Waals surface area contributed by atoms with Crippen molar-refractivity contribution in [2.75, 3.05) is 0 Å². The number of benzene rings is 2. The summed E-state index contributed by atoms with van der Waals surface area (Å²) in [6.07, 6.45) is 3.00. The Hall–Kier alpha value is -2.09. The molecule has 0 amide bonds. The lowest BCUT2D eigenvalue weighted by molar-refractivity contribution is 0.822. The van der Waals surface area contributed by atoms with Crippen molar-refractivity contribution in [3.05, 3.63) is 66.0 Å². The van der Waals surface area contributed by atoms with Crippen LogP contribution in [0.3, 0.4) is 0 Å². The van der Waals surface area contributed by atoms with Gasteiger partial charge in [0.2, 0.25) is 0 Å². The van der Waals surface area contributed by atoms with E-state index in [1.807, 2.05) is 18.5 Å². The molecule has 0 spiro atoms. The normalized spacial score (nSPS) is 10.9. The van der Waals surface area contributed by atoms with Gasteiger partial charge in [-0.1, -0.05) is 43.3 Å². The third-order valence-electron chi connectivity index (χ3n) is 3.28. The van der Waals surface area contributed by atoms with Crippen LogP contribution in [0.15, 0.2) is 54.9 Å². The molecule has 0 N–H and O–H groups in total. The van der Waals surface area contributed by atoms with Crippen LogP contribution >= 0.6 is 0 Å². The number of imidazole rings is 1. The van der Waals surface area contributed by atoms with Crippen molar-refractivity contribution in [3.8, 4) is 0 Å². The molecule has 0 atom stereocenters. The molecule has 18 heavy (non-hydrogen) atoms. The molecule has 3 rings (SSSR count). The number of aryl methyl sites for hydroxylation is 1. The summed E-state index contributed by atoms with van der Waals surface area (Å²) in [6, 6.07) is 17.0. The van der Waals surface area contributed by atoms with Gasteiger partial charge in [0.05, 0.1) is 17.4 Å². The second kappa shape index (κ2) is 4.65. The summed E-state index contributed by atoms with van der Waals surface area (Å²) in [5.74, 6) is 0. The quantitative estimate of drug-likeness (QED) is 0.678. The lowest BCUT2D eigenvalue weighted by Gasteiger charge is -2.06. The Morgan fingerprint density at radius 2 is 1.83 bits per heavy atom. The molecule has 0 unspecified atom stereocenters. The minimum Gasteiger partial charge on any atom is -0.326 e. The maximum absolute atomic E-state index is 4.42. The number of nitrogens with zero attached hydrogens (tertiary/aromatic N) is 2. The molecule has 2 nitrogen and oxygen atoms in total. The van der Waals surface area contributed by atoms with E-state index in [4.69, 9.17) is 0 Å². The molecule has 0 saturated carbocycles. The number of para-hydroxylation sites is 2. The highest BCUT2D eigenvalue weighted by atomic mass is 15.0. The minimum atomic E-state index is 0.883. The van der Waals surface area contributed by atoms with E-state index in [0.29, 0.717) is 0 Å². The zero-order chi connectivity index (χ0) is 12.4. The fourth-order valence-corrected chi connectivity index (χ4v) is 2.28. The van der Waals surface area contributed by atoms with Gasteiger partial charge in [-0.2, -0.15) is 0 Å². The van der Waals surface area contributed by atoms with Crippen molar-refractivity contribution >= 4 is 11.0 Å². The highest BCUT2D eigenvalue weighted by Gasteiger charge is 2.02. The van der Waals surface area contributed by atoms with E-state index in [1.54, 1.807) is 0 Å². The molecule has 0 aliphatic rings. The molecule has 3 aromatic rings. The van der Waals surface area contributed by atoms with Crippen molar-refractivity contribution in [1.29, 1.82) is 0 Å². The third-order valence-corrected chi connectivity index (χ3v) is 3.28.